The van der Waals surface area contributed by atoms with Crippen LogP contribution in [-0.4, -0.2) is 6.54 Å². The third-order valence-electron chi connectivity index (χ3n) is 3.20. The fraction of sp³-hybridized carbons (Fsp3) is 0.625. The summed E-state index contributed by atoms with van der Waals surface area (Å²) in [5.74, 6) is 0. The molecule has 1 rings (SSSR count). The molecule has 18 heavy (non-hydrogen) atoms. The van der Waals surface area contributed by atoms with Crippen LogP contribution in [0.4, 0.5) is 5.69 Å². The molecule has 1 aromatic carbocycles. The van der Waals surface area contributed by atoms with Crippen LogP contribution in [0.15, 0.2) is 28.7 Å². The Balaban J connectivity index is 1.91. The van der Waals surface area contributed by atoms with Gasteiger partial charge in [-0.15, -0.1) is 0 Å². The first-order valence-corrected chi connectivity index (χ1v) is 8.11. The second-order valence-corrected chi connectivity index (χ2v) is 5.82. The molecule has 0 amide bonds. The van der Waals surface area contributed by atoms with E-state index in [1.165, 1.54) is 57.1 Å². The first kappa shape index (κ1) is 15.6. The van der Waals surface area contributed by atoms with E-state index in [9.17, 15) is 0 Å². The quantitative estimate of drug-likeness (QED) is 0.522. The number of anilines is 1. The molecule has 0 saturated carbocycles. The van der Waals surface area contributed by atoms with Crippen molar-refractivity contribution < 1.29 is 0 Å². The second kappa shape index (κ2) is 10.4. The van der Waals surface area contributed by atoms with Crippen LogP contribution in [0.5, 0.6) is 0 Å². The number of rotatable bonds is 10. The predicted molar refractivity (Wildman–Crippen MR) is 85.2 cm³/mol. The Morgan fingerprint density at radius 3 is 2.00 bits per heavy atom. The molecule has 0 radical (unpaired) electrons. The molecular weight excluding hydrogens is 286 g/mol. The van der Waals surface area contributed by atoms with E-state index in [0.717, 1.165) is 11.0 Å². The molecule has 1 aromatic rings. The fourth-order valence-electron chi connectivity index (χ4n) is 2.06. The van der Waals surface area contributed by atoms with E-state index in [1.54, 1.807) is 0 Å². The van der Waals surface area contributed by atoms with Gasteiger partial charge in [0.05, 0.1) is 0 Å². The van der Waals surface area contributed by atoms with Crippen molar-refractivity contribution >= 4 is 21.6 Å². The van der Waals surface area contributed by atoms with E-state index in [2.05, 4.69) is 52.4 Å². The van der Waals surface area contributed by atoms with Gasteiger partial charge in [0, 0.05) is 16.7 Å². The zero-order valence-electron chi connectivity index (χ0n) is 11.6. The zero-order valence-corrected chi connectivity index (χ0v) is 13.1. The van der Waals surface area contributed by atoms with E-state index in [4.69, 9.17) is 0 Å². The third kappa shape index (κ3) is 7.75. The number of nitrogens with one attached hydrogen (secondary N) is 1. The molecular formula is C16H26BrN. The molecule has 0 saturated heterocycles. The van der Waals surface area contributed by atoms with Crippen LogP contribution in [0.25, 0.3) is 0 Å². The maximum absolute atomic E-state index is 3.46. The van der Waals surface area contributed by atoms with Gasteiger partial charge in [-0.3, -0.25) is 0 Å². The fourth-order valence-corrected chi connectivity index (χ4v) is 2.32. The van der Waals surface area contributed by atoms with Crippen molar-refractivity contribution in [3.05, 3.63) is 28.7 Å². The van der Waals surface area contributed by atoms with E-state index >= 15 is 0 Å². The number of halogens is 1. The van der Waals surface area contributed by atoms with Gasteiger partial charge in [-0.2, -0.15) is 0 Å². The average Bonchev–Trinajstić information content (AvgIpc) is 2.39. The van der Waals surface area contributed by atoms with Crippen molar-refractivity contribution in [2.75, 3.05) is 11.9 Å². The van der Waals surface area contributed by atoms with Gasteiger partial charge in [-0.25, -0.2) is 0 Å². The average molecular weight is 312 g/mol. The summed E-state index contributed by atoms with van der Waals surface area (Å²) in [5, 5.41) is 3.46. The van der Waals surface area contributed by atoms with Gasteiger partial charge < -0.3 is 5.32 Å². The largest absolute Gasteiger partial charge is 0.385 e. The Kier molecular flexibility index (Phi) is 9.01. The van der Waals surface area contributed by atoms with Crippen molar-refractivity contribution in [2.24, 2.45) is 0 Å². The van der Waals surface area contributed by atoms with Crippen molar-refractivity contribution in [1.29, 1.82) is 0 Å². The van der Waals surface area contributed by atoms with Gasteiger partial charge in [-0.1, -0.05) is 67.8 Å². The Hall–Kier alpha value is -0.500. The standard InChI is InChI=1S/C16H26BrN/c1-2-3-4-5-6-7-8-9-14-18-16-12-10-15(17)11-13-16/h10-13,18H,2-9,14H2,1H3. The molecule has 1 nitrogen and oxygen atoms in total. The molecule has 102 valence electrons. The highest BCUT2D eigenvalue weighted by atomic mass is 79.9. The Bertz CT molecular complexity index is 294. The molecule has 0 bridgehead atoms. The second-order valence-electron chi connectivity index (χ2n) is 4.91. The number of hydrogen-bond acceptors (Lipinski definition) is 1. The van der Waals surface area contributed by atoms with Crippen molar-refractivity contribution in [1.82, 2.24) is 0 Å². The minimum absolute atomic E-state index is 1.09. The van der Waals surface area contributed by atoms with Crippen LogP contribution >= 0.6 is 15.9 Å². The molecule has 0 heterocycles. The van der Waals surface area contributed by atoms with Crippen LogP contribution in [0, 0.1) is 0 Å². The molecule has 0 aliphatic carbocycles. The van der Waals surface area contributed by atoms with Crippen molar-refractivity contribution in [3.63, 3.8) is 0 Å². The van der Waals surface area contributed by atoms with E-state index in [0.29, 0.717) is 0 Å². The van der Waals surface area contributed by atoms with Gasteiger partial charge in [0.2, 0.25) is 0 Å². The molecule has 0 fully saturated rings. The first-order chi connectivity index (χ1) is 8.83. The molecule has 0 aliphatic heterocycles. The molecule has 0 unspecified atom stereocenters. The van der Waals surface area contributed by atoms with Gasteiger partial charge >= 0.3 is 0 Å². The maximum atomic E-state index is 3.46. The first-order valence-electron chi connectivity index (χ1n) is 7.32. The normalized spacial score (nSPS) is 10.6. The summed E-state index contributed by atoms with van der Waals surface area (Å²) in [5.41, 5.74) is 1.22. The molecule has 1 N–H and O–H groups in total. The van der Waals surface area contributed by atoms with Crippen molar-refractivity contribution in [3.8, 4) is 0 Å². The van der Waals surface area contributed by atoms with Crippen LogP contribution in [-0.2, 0) is 0 Å². The highest BCUT2D eigenvalue weighted by Crippen LogP contribution is 2.14. The molecule has 0 atom stereocenters. The van der Waals surface area contributed by atoms with Crippen LogP contribution < -0.4 is 5.32 Å². The summed E-state index contributed by atoms with van der Waals surface area (Å²) in [7, 11) is 0. The lowest BCUT2D eigenvalue weighted by Crippen LogP contribution is -2.00. The summed E-state index contributed by atoms with van der Waals surface area (Å²) < 4.78 is 1.14. The van der Waals surface area contributed by atoms with Gasteiger partial charge in [0.25, 0.3) is 0 Å². The summed E-state index contributed by atoms with van der Waals surface area (Å²) in [6, 6.07) is 8.40. The Morgan fingerprint density at radius 1 is 0.833 bits per heavy atom. The minimum Gasteiger partial charge on any atom is -0.385 e. The van der Waals surface area contributed by atoms with Gasteiger partial charge in [-0.05, 0) is 30.7 Å². The highest BCUT2D eigenvalue weighted by molar-refractivity contribution is 9.10. The lowest BCUT2D eigenvalue weighted by atomic mass is 10.1. The van der Waals surface area contributed by atoms with Gasteiger partial charge in [0.1, 0.15) is 0 Å². The Morgan fingerprint density at radius 2 is 1.39 bits per heavy atom. The molecule has 0 aliphatic rings. The van der Waals surface area contributed by atoms with Crippen LogP contribution in [0.1, 0.15) is 58.3 Å². The van der Waals surface area contributed by atoms with Gasteiger partial charge in [0.15, 0.2) is 0 Å². The maximum Gasteiger partial charge on any atom is 0.0340 e. The number of unbranched alkanes of at least 4 members (excludes halogenated alkanes) is 7. The zero-order chi connectivity index (χ0) is 13.1. The predicted octanol–water partition coefficient (Wildman–Crippen LogP) is 6.00. The topological polar surface area (TPSA) is 12.0 Å². The van der Waals surface area contributed by atoms with E-state index in [1.807, 2.05) is 0 Å². The third-order valence-corrected chi connectivity index (χ3v) is 3.73. The number of hydrogen-bond donors (Lipinski definition) is 1. The summed E-state index contributed by atoms with van der Waals surface area (Å²) in [4.78, 5) is 0. The van der Waals surface area contributed by atoms with E-state index < -0.39 is 0 Å². The molecule has 2 heteroatoms. The lowest BCUT2D eigenvalue weighted by Gasteiger charge is -2.06. The SMILES string of the molecule is CCCCCCCCCCNc1ccc(Br)cc1. The van der Waals surface area contributed by atoms with Crippen LogP contribution in [0.3, 0.4) is 0 Å². The van der Waals surface area contributed by atoms with Crippen LogP contribution in [0.2, 0.25) is 0 Å². The van der Waals surface area contributed by atoms with E-state index in [-0.39, 0.29) is 0 Å². The smallest absolute Gasteiger partial charge is 0.0340 e. The molecule has 0 aromatic heterocycles. The number of benzene rings is 1. The Labute approximate surface area is 120 Å². The highest BCUT2D eigenvalue weighted by Gasteiger charge is 1.93. The monoisotopic (exact) mass is 311 g/mol. The summed E-state index contributed by atoms with van der Waals surface area (Å²) in [6.07, 6.45) is 11.0. The summed E-state index contributed by atoms with van der Waals surface area (Å²) in [6.45, 7) is 3.37. The molecule has 0 spiro atoms. The lowest BCUT2D eigenvalue weighted by molar-refractivity contribution is 0.581. The minimum atomic E-state index is 1.09. The van der Waals surface area contributed by atoms with Crippen molar-refractivity contribution in [2.45, 2.75) is 58.3 Å². The summed E-state index contributed by atoms with van der Waals surface area (Å²) >= 11 is 3.45.